The lowest BCUT2D eigenvalue weighted by Gasteiger charge is -2.53. The summed E-state index contributed by atoms with van der Waals surface area (Å²) < 4.78 is 16.6. The fourth-order valence-electron chi connectivity index (χ4n) is 6.73. The summed E-state index contributed by atoms with van der Waals surface area (Å²) in [5.41, 5.74) is 1.10. The molecule has 1 saturated carbocycles. The Bertz CT molecular complexity index is 1070. The minimum absolute atomic E-state index is 0.00467. The number of aromatic nitrogens is 1. The molecule has 0 bridgehead atoms. The summed E-state index contributed by atoms with van der Waals surface area (Å²) in [6, 6.07) is 7.58. The van der Waals surface area contributed by atoms with Gasteiger partial charge in [-0.3, -0.25) is 4.79 Å². The van der Waals surface area contributed by atoms with Crippen molar-refractivity contribution < 1.29 is 24.1 Å². The molecular weight excluding hydrogens is 476 g/mol. The lowest BCUT2D eigenvalue weighted by molar-refractivity contribution is -0.148. The van der Waals surface area contributed by atoms with Gasteiger partial charge in [0.2, 0.25) is 5.91 Å². The van der Waals surface area contributed by atoms with Crippen LogP contribution in [-0.2, 0) is 22.6 Å². The fourth-order valence-corrected chi connectivity index (χ4v) is 8.01. The molecule has 36 heavy (non-hydrogen) atoms. The molecule has 0 radical (unpaired) electrons. The van der Waals surface area contributed by atoms with Crippen molar-refractivity contribution in [2.24, 2.45) is 23.2 Å². The molecule has 1 aromatic carbocycles. The highest BCUT2D eigenvalue weighted by atomic mass is 32.1. The predicted molar refractivity (Wildman–Crippen MR) is 138 cm³/mol. The number of rotatable bonds is 6. The number of aliphatic hydroxyl groups is 1. The number of benzene rings is 1. The van der Waals surface area contributed by atoms with E-state index in [1.807, 2.05) is 36.1 Å². The molecule has 1 aromatic heterocycles. The van der Waals surface area contributed by atoms with Crippen molar-refractivity contribution in [3.63, 3.8) is 0 Å². The van der Waals surface area contributed by atoms with E-state index < -0.39 is 6.10 Å². The second-order valence-electron chi connectivity index (χ2n) is 10.9. The molecule has 196 valence electrons. The number of methoxy groups -OCH3 is 1. The Morgan fingerprint density at radius 3 is 2.67 bits per heavy atom. The number of carbonyl (C=O) groups is 1. The molecule has 2 aromatic rings. The number of nitrogens with zero attached hydrogens (tertiary/aromatic N) is 2. The maximum absolute atomic E-state index is 13.2. The predicted octanol–water partition coefficient (Wildman–Crippen LogP) is 4.28. The summed E-state index contributed by atoms with van der Waals surface area (Å²) in [7, 11) is 1.65. The first-order chi connectivity index (χ1) is 17.3. The molecule has 8 heteroatoms. The maximum atomic E-state index is 13.2. The molecule has 5 rings (SSSR count). The van der Waals surface area contributed by atoms with Gasteiger partial charge in [0.15, 0.2) is 0 Å². The van der Waals surface area contributed by atoms with Crippen molar-refractivity contribution in [3.8, 4) is 11.5 Å². The van der Waals surface area contributed by atoms with Crippen molar-refractivity contribution in [1.82, 2.24) is 9.88 Å². The van der Waals surface area contributed by atoms with E-state index in [1.54, 1.807) is 18.4 Å². The lowest BCUT2D eigenvalue weighted by atomic mass is 9.53. The van der Waals surface area contributed by atoms with E-state index in [2.05, 4.69) is 13.8 Å². The SMILES string of the molecule is COc1ccc(OCc2nc3c(s2)C[C@@]2(C)CC[C@H]([C@H](C)C(=O)N4CCOCC4)[C@H](O)[C@H]2[C@H]3C)cc1. The minimum atomic E-state index is -0.521. The number of aliphatic hydroxyl groups excluding tert-OH is 1. The zero-order valence-electron chi connectivity index (χ0n) is 21.7. The highest BCUT2D eigenvalue weighted by Gasteiger charge is 2.54. The van der Waals surface area contributed by atoms with Gasteiger partial charge in [0.05, 0.1) is 32.1 Å². The largest absolute Gasteiger partial charge is 0.497 e. The smallest absolute Gasteiger partial charge is 0.225 e. The normalized spacial score (nSPS) is 30.8. The number of ether oxygens (including phenoxy) is 3. The molecule has 2 aliphatic carbocycles. The Hall–Kier alpha value is -2.16. The first-order valence-corrected chi connectivity index (χ1v) is 13.9. The minimum Gasteiger partial charge on any atom is -0.497 e. The number of hydrogen-bond acceptors (Lipinski definition) is 7. The van der Waals surface area contributed by atoms with Crippen molar-refractivity contribution in [1.29, 1.82) is 0 Å². The Morgan fingerprint density at radius 2 is 1.97 bits per heavy atom. The number of hydrogen-bond donors (Lipinski definition) is 1. The standard InChI is InChI=1S/C28H38N2O5S/c1-17(27(32)30-11-13-34-14-12-30)21-9-10-28(3)15-22-25(18(2)24(28)26(21)31)29-23(36-22)16-35-20-7-5-19(33-4)6-8-20/h5-8,17-18,21,24,26,31H,9-16H2,1-4H3/t17-,18+,21+,24+,26-,28+/m0/s1. The molecular formula is C28H38N2O5S. The van der Waals surface area contributed by atoms with Crippen LogP contribution in [0.25, 0.3) is 0 Å². The molecule has 1 aliphatic heterocycles. The van der Waals surface area contributed by atoms with Crippen molar-refractivity contribution in [3.05, 3.63) is 39.8 Å². The van der Waals surface area contributed by atoms with Crippen LogP contribution >= 0.6 is 11.3 Å². The molecule has 1 saturated heterocycles. The van der Waals surface area contributed by atoms with Gasteiger partial charge >= 0.3 is 0 Å². The third-order valence-electron chi connectivity index (χ3n) is 8.74. The molecule has 0 spiro atoms. The zero-order chi connectivity index (χ0) is 25.4. The molecule has 3 aliphatic rings. The third kappa shape index (κ3) is 4.75. The van der Waals surface area contributed by atoms with Gasteiger partial charge in [-0.2, -0.15) is 0 Å². The fraction of sp³-hybridized carbons (Fsp3) is 0.643. The quantitative estimate of drug-likeness (QED) is 0.620. The summed E-state index contributed by atoms with van der Waals surface area (Å²) in [5.74, 6) is 1.74. The topological polar surface area (TPSA) is 81.1 Å². The summed E-state index contributed by atoms with van der Waals surface area (Å²) in [4.78, 5) is 21.4. The summed E-state index contributed by atoms with van der Waals surface area (Å²) in [6.07, 6.45) is 2.29. The van der Waals surface area contributed by atoms with Crippen LogP contribution < -0.4 is 9.47 Å². The zero-order valence-corrected chi connectivity index (χ0v) is 22.6. The van der Waals surface area contributed by atoms with E-state index in [9.17, 15) is 9.90 Å². The van der Waals surface area contributed by atoms with Gasteiger partial charge in [0, 0.05) is 29.8 Å². The number of amides is 1. The van der Waals surface area contributed by atoms with E-state index in [4.69, 9.17) is 19.2 Å². The Labute approximate surface area is 217 Å². The highest BCUT2D eigenvalue weighted by molar-refractivity contribution is 7.11. The molecule has 2 heterocycles. The van der Waals surface area contributed by atoms with Crippen LogP contribution in [-0.4, -0.2) is 60.4 Å². The molecule has 0 unspecified atom stereocenters. The van der Waals surface area contributed by atoms with Gasteiger partial charge in [-0.15, -0.1) is 11.3 Å². The second kappa shape index (κ2) is 10.3. The van der Waals surface area contributed by atoms with Crippen molar-refractivity contribution in [2.45, 2.75) is 58.7 Å². The first kappa shape index (κ1) is 25.5. The number of carbonyl (C=O) groups excluding carboxylic acids is 1. The second-order valence-corrected chi connectivity index (χ2v) is 12.1. The molecule has 1 amide bonds. The Kier molecular flexibility index (Phi) is 7.30. The van der Waals surface area contributed by atoms with Gasteiger partial charge in [0.1, 0.15) is 23.1 Å². The monoisotopic (exact) mass is 514 g/mol. The van der Waals surface area contributed by atoms with Crippen molar-refractivity contribution in [2.75, 3.05) is 33.4 Å². The summed E-state index contributed by atoms with van der Waals surface area (Å²) in [6.45, 7) is 9.44. The van der Waals surface area contributed by atoms with Crippen LogP contribution in [0.3, 0.4) is 0 Å². The molecule has 2 fully saturated rings. The highest BCUT2D eigenvalue weighted by Crippen LogP contribution is 2.57. The summed E-state index contributed by atoms with van der Waals surface area (Å²) in [5, 5.41) is 12.7. The van der Waals surface area contributed by atoms with Crippen LogP contribution in [0, 0.1) is 23.2 Å². The Balaban J connectivity index is 1.30. The van der Waals surface area contributed by atoms with Crippen LogP contribution in [0.15, 0.2) is 24.3 Å². The average molecular weight is 515 g/mol. The third-order valence-corrected chi connectivity index (χ3v) is 9.79. The van der Waals surface area contributed by atoms with E-state index in [1.165, 1.54) is 4.88 Å². The number of morpholine rings is 1. The van der Waals surface area contributed by atoms with Crippen molar-refractivity contribution >= 4 is 17.2 Å². The Morgan fingerprint density at radius 1 is 1.28 bits per heavy atom. The van der Waals surface area contributed by atoms with Gasteiger partial charge in [-0.25, -0.2) is 4.98 Å². The average Bonchev–Trinajstić information content (AvgIpc) is 3.30. The van der Waals surface area contributed by atoms with E-state index in [-0.39, 0.29) is 35.0 Å². The molecule has 6 atom stereocenters. The van der Waals surface area contributed by atoms with E-state index in [0.717, 1.165) is 41.5 Å². The van der Waals surface area contributed by atoms with Crippen LogP contribution in [0.2, 0.25) is 0 Å². The van der Waals surface area contributed by atoms with Gasteiger partial charge < -0.3 is 24.2 Å². The maximum Gasteiger partial charge on any atom is 0.225 e. The van der Waals surface area contributed by atoms with Crippen LogP contribution in [0.5, 0.6) is 11.5 Å². The molecule has 1 N–H and O–H groups in total. The van der Waals surface area contributed by atoms with E-state index >= 15 is 0 Å². The van der Waals surface area contributed by atoms with Gasteiger partial charge in [0.25, 0.3) is 0 Å². The lowest BCUT2D eigenvalue weighted by Crippen LogP contribution is -2.54. The van der Waals surface area contributed by atoms with Crippen LogP contribution in [0.4, 0.5) is 0 Å². The van der Waals surface area contributed by atoms with Gasteiger partial charge in [-0.05, 0) is 60.8 Å². The number of fused-ring (bicyclic) bond motifs is 2. The summed E-state index contributed by atoms with van der Waals surface area (Å²) >= 11 is 1.74. The number of thiazole rings is 1. The first-order valence-electron chi connectivity index (χ1n) is 13.1. The van der Waals surface area contributed by atoms with Gasteiger partial charge in [-0.1, -0.05) is 20.8 Å². The van der Waals surface area contributed by atoms with E-state index in [0.29, 0.717) is 32.9 Å². The van der Waals surface area contributed by atoms with Crippen LogP contribution in [0.1, 0.15) is 55.1 Å². The molecule has 7 nitrogen and oxygen atoms in total.